The van der Waals surface area contributed by atoms with Crippen LogP contribution in [0, 0.1) is 0 Å². The predicted molar refractivity (Wildman–Crippen MR) is 77.1 cm³/mol. The van der Waals surface area contributed by atoms with E-state index in [1.54, 1.807) is 16.4 Å². The van der Waals surface area contributed by atoms with Gasteiger partial charge in [0.1, 0.15) is 0 Å². The molecule has 0 radical (unpaired) electrons. The van der Waals surface area contributed by atoms with Gasteiger partial charge in [-0.15, -0.1) is 5.10 Å². The van der Waals surface area contributed by atoms with Crippen molar-refractivity contribution in [3.05, 3.63) is 30.0 Å². The minimum Gasteiger partial charge on any atom is -0.329 e. The molecule has 0 fully saturated rings. The fourth-order valence-corrected chi connectivity index (χ4v) is 2.94. The van der Waals surface area contributed by atoms with Crippen molar-refractivity contribution in [3.63, 3.8) is 0 Å². The Hall–Kier alpha value is -1.93. The van der Waals surface area contributed by atoms with Crippen LogP contribution in [-0.4, -0.2) is 36.5 Å². The number of hydrogen-bond acceptors (Lipinski definition) is 6. The summed E-state index contributed by atoms with van der Waals surface area (Å²) in [6.45, 7) is 1.14. The zero-order valence-corrected chi connectivity index (χ0v) is 11.9. The van der Waals surface area contributed by atoms with Gasteiger partial charge in [-0.25, -0.2) is 4.68 Å². The number of fused-ring (bicyclic) bond motifs is 1. The summed E-state index contributed by atoms with van der Waals surface area (Å²) in [6.07, 6.45) is 0. The molecule has 0 amide bonds. The summed E-state index contributed by atoms with van der Waals surface area (Å²) in [5.74, 6) is 0.728. The van der Waals surface area contributed by atoms with Crippen molar-refractivity contribution in [2.45, 2.75) is 17.5 Å². The maximum Gasteiger partial charge on any atom is 0.209 e. The summed E-state index contributed by atoms with van der Waals surface area (Å²) in [5.41, 5.74) is 7.70. The Kier molecular flexibility index (Phi) is 3.66. The Morgan fingerprint density at radius 1 is 1.30 bits per heavy atom. The maximum absolute atomic E-state index is 5.53. The molecule has 0 saturated carbocycles. The molecule has 20 heavy (non-hydrogen) atoms. The minimum atomic E-state index is 0.519. The van der Waals surface area contributed by atoms with E-state index < -0.39 is 0 Å². The molecule has 3 aromatic rings. The van der Waals surface area contributed by atoms with Gasteiger partial charge in [0.2, 0.25) is 5.16 Å². The van der Waals surface area contributed by atoms with E-state index in [1.165, 1.54) is 5.39 Å². The Balaban J connectivity index is 1.82. The standard InChI is InChI=1S/C12H15N7S/c1-18-11-5-3-2-4-9(11)10(15-18)8-20-12-14-16-17-19(12)7-6-13/h2-5H,6-8,13H2,1H3. The monoisotopic (exact) mass is 289 g/mol. The summed E-state index contributed by atoms with van der Waals surface area (Å²) in [7, 11) is 1.95. The molecule has 1 aromatic carbocycles. The summed E-state index contributed by atoms with van der Waals surface area (Å²) < 4.78 is 3.61. The highest BCUT2D eigenvalue weighted by molar-refractivity contribution is 7.98. The van der Waals surface area contributed by atoms with Crippen LogP contribution in [0.2, 0.25) is 0 Å². The number of benzene rings is 1. The fourth-order valence-electron chi connectivity index (χ4n) is 2.09. The van der Waals surface area contributed by atoms with Gasteiger partial charge in [0.05, 0.1) is 17.8 Å². The summed E-state index contributed by atoms with van der Waals surface area (Å²) in [4.78, 5) is 0. The van der Waals surface area contributed by atoms with Crippen molar-refractivity contribution in [2.75, 3.05) is 6.54 Å². The molecule has 2 N–H and O–H groups in total. The second kappa shape index (κ2) is 5.59. The molecule has 0 aliphatic rings. The SMILES string of the molecule is Cn1nc(CSc2nnnn2CCN)c2ccccc21. The van der Waals surface area contributed by atoms with Gasteiger partial charge in [-0.05, 0) is 16.5 Å². The Morgan fingerprint density at radius 3 is 3.00 bits per heavy atom. The first kappa shape index (κ1) is 13.1. The number of tetrazole rings is 1. The van der Waals surface area contributed by atoms with E-state index >= 15 is 0 Å². The Morgan fingerprint density at radius 2 is 2.15 bits per heavy atom. The third kappa shape index (κ3) is 2.39. The molecule has 2 aromatic heterocycles. The number of thioether (sulfide) groups is 1. The van der Waals surface area contributed by atoms with Gasteiger partial charge in [0.15, 0.2) is 0 Å². The summed E-state index contributed by atoms with van der Waals surface area (Å²) in [6, 6.07) is 8.19. The molecule has 104 valence electrons. The number of nitrogens with zero attached hydrogens (tertiary/aromatic N) is 6. The molecule has 2 heterocycles. The van der Waals surface area contributed by atoms with Crippen LogP contribution in [0.1, 0.15) is 5.69 Å². The van der Waals surface area contributed by atoms with Crippen molar-refractivity contribution < 1.29 is 0 Å². The molecule has 0 atom stereocenters. The van der Waals surface area contributed by atoms with Crippen molar-refractivity contribution in [2.24, 2.45) is 12.8 Å². The quantitative estimate of drug-likeness (QED) is 0.699. The van der Waals surface area contributed by atoms with Crippen molar-refractivity contribution in [1.29, 1.82) is 0 Å². The number of nitrogens with two attached hydrogens (primary N) is 1. The molecule has 3 rings (SSSR count). The third-order valence-electron chi connectivity index (χ3n) is 3.01. The average Bonchev–Trinajstić information content (AvgIpc) is 3.03. The largest absolute Gasteiger partial charge is 0.329 e. The van der Waals surface area contributed by atoms with Crippen molar-refractivity contribution >= 4 is 22.7 Å². The first-order valence-corrected chi connectivity index (χ1v) is 7.28. The fraction of sp³-hybridized carbons (Fsp3) is 0.333. The van der Waals surface area contributed by atoms with Crippen LogP contribution in [0.3, 0.4) is 0 Å². The van der Waals surface area contributed by atoms with Crippen LogP contribution >= 0.6 is 11.8 Å². The molecule has 0 spiro atoms. The lowest BCUT2D eigenvalue weighted by molar-refractivity contribution is 0.557. The van der Waals surface area contributed by atoms with Gasteiger partial charge in [0, 0.05) is 24.7 Å². The Labute approximate surface area is 120 Å². The number of hydrogen-bond donors (Lipinski definition) is 1. The minimum absolute atomic E-state index is 0.519. The normalized spacial score (nSPS) is 11.3. The van der Waals surface area contributed by atoms with Crippen LogP contribution in [0.5, 0.6) is 0 Å². The van der Waals surface area contributed by atoms with E-state index in [9.17, 15) is 0 Å². The second-order valence-electron chi connectivity index (χ2n) is 4.35. The molecule has 0 aliphatic heterocycles. The highest BCUT2D eigenvalue weighted by Crippen LogP contribution is 2.24. The van der Waals surface area contributed by atoms with E-state index in [1.807, 2.05) is 23.9 Å². The van der Waals surface area contributed by atoms with Gasteiger partial charge in [-0.1, -0.05) is 30.0 Å². The summed E-state index contributed by atoms with van der Waals surface area (Å²) >= 11 is 1.57. The molecule has 0 aliphatic carbocycles. The topological polar surface area (TPSA) is 87.4 Å². The zero-order chi connectivity index (χ0) is 13.9. The second-order valence-corrected chi connectivity index (χ2v) is 5.29. The molecule has 8 heteroatoms. The van der Waals surface area contributed by atoms with Gasteiger partial charge in [-0.3, -0.25) is 4.68 Å². The highest BCUT2D eigenvalue weighted by atomic mass is 32.2. The molecule has 0 bridgehead atoms. The lowest BCUT2D eigenvalue weighted by atomic mass is 10.2. The Bertz CT molecular complexity index is 717. The first-order chi connectivity index (χ1) is 9.79. The van der Waals surface area contributed by atoms with Crippen molar-refractivity contribution in [3.8, 4) is 0 Å². The van der Waals surface area contributed by atoms with Crippen LogP contribution in [0.4, 0.5) is 0 Å². The lowest BCUT2D eigenvalue weighted by Crippen LogP contribution is -2.12. The lowest BCUT2D eigenvalue weighted by Gasteiger charge is -2.01. The van der Waals surface area contributed by atoms with E-state index in [2.05, 4.69) is 32.8 Å². The van der Waals surface area contributed by atoms with Crippen LogP contribution in [0.15, 0.2) is 29.4 Å². The smallest absolute Gasteiger partial charge is 0.209 e. The first-order valence-electron chi connectivity index (χ1n) is 6.29. The van der Waals surface area contributed by atoms with Crippen LogP contribution in [0.25, 0.3) is 10.9 Å². The third-order valence-corrected chi connectivity index (χ3v) is 3.98. The molecular weight excluding hydrogens is 274 g/mol. The highest BCUT2D eigenvalue weighted by Gasteiger charge is 2.11. The van der Waals surface area contributed by atoms with Gasteiger partial charge >= 0.3 is 0 Å². The molecule has 7 nitrogen and oxygen atoms in total. The van der Waals surface area contributed by atoms with E-state index in [0.29, 0.717) is 13.1 Å². The van der Waals surface area contributed by atoms with E-state index in [0.717, 1.165) is 22.1 Å². The van der Waals surface area contributed by atoms with Gasteiger partial charge in [0.25, 0.3) is 0 Å². The average molecular weight is 289 g/mol. The van der Waals surface area contributed by atoms with Gasteiger partial charge < -0.3 is 5.73 Å². The van der Waals surface area contributed by atoms with E-state index in [-0.39, 0.29) is 0 Å². The molecule has 0 unspecified atom stereocenters. The van der Waals surface area contributed by atoms with E-state index in [4.69, 9.17) is 5.73 Å². The van der Waals surface area contributed by atoms with Crippen molar-refractivity contribution in [1.82, 2.24) is 30.0 Å². The van der Waals surface area contributed by atoms with Crippen LogP contribution < -0.4 is 5.73 Å². The molecular formula is C12H15N7S. The number of aryl methyl sites for hydroxylation is 1. The zero-order valence-electron chi connectivity index (χ0n) is 11.1. The number of para-hydroxylation sites is 1. The predicted octanol–water partition coefficient (Wildman–Crippen LogP) is 0.811. The number of rotatable bonds is 5. The summed E-state index contributed by atoms with van der Waals surface area (Å²) in [5, 5.41) is 18.1. The number of aromatic nitrogens is 6. The van der Waals surface area contributed by atoms with Gasteiger partial charge in [-0.2, -0.15) is 5.10 Å². The maximum atomic E-state index is 5.53. The van der Waals surface area contributed by atoms with Crippen LogP contribution in [-0.2, 0) is 19.3 Å². The molecule has 0 saturated heterocycles.